The molecule has 0 saturated heterocycles. The third kappa shape index (κ3) is 6.11. The van der Waals surface area contributed by atoms with Gasteiger partial charge in [-0.2, -0.15) is 0 Å². The minimum absolute atomic E-state index is 0.740. The van der Waals surface area contributed by atoms with Crippen molar-refractivity contribution in [2.45, 2.75) is 6.42 Å². The number of aliphatic imine (C=N–C) groups is 2. The van der Waals surface area contributed by atoms with Gasteiger partial charge in [0.2, 0.25) is 0 Å². The molecule has 0 atom stereocenters. The van der Waals surface area contributed by atoms with E-state index in [1.54, 1.807) is 0 Å². The van der Waals surface area contributed by atoms with Crippen molar-refractivity contribution in [1.82, 2.24) is 0 Å². The molecule has 0 spiro atoms. The lowest BCUT2D eigenvalue weighted by Gasteiger charge is -1.95. The predicted octanol–water partition coefficient (Wildman–Crippen LogP) is 4.92. The summed E-state index contributed by atoms with van der Waals surface area (Å²) >= 11 is 11.6. The van der Waals surface area contributed by atoms with Crippen LogP contribution in [-0.2, 0) is 0 Å². The van der Waals surface area contributed by atoms with Crippen LogP contribution in [-0.4, -0.2) is 25.5 Å². The molecular weight excluding hydrogens is 303 g/mol. The summed E-state index contributed by atoms with van der Waals surface area (Å²) in [5.74, 6) is 0. The van der Waals surface area contributed by atoms with Crippen LogP contribution < -0.4 is 0 Å². The maximum Gasteiger partial charge on any atom is 0.0407 e. The van der Waals surface area contributed by atoms with E-state index in [2.05, 4.69) is 9.98 Å². The summed E-state index contributed by atoms with van der Waals surface area (Å²) in [5, 5.41) is 1.48. The van der Waals surface area contributed by atoms with E-state index in [0.717, 1.165) is 40.7 Å². The minimum Gasteiger partial charge on any atom is -0.292 e. The maximum absolute atomic E-state index is 5.82. The Kier molecular flexibility index (Phi) is 6.45. The highest BCUT2D eigenvalue weighted by Crippen LogP contribution is 2.08. The third-order valence-electron chi connectivity index (χ3n) is 2.80. The van der Waals surface area contributed by atoms with Crippen LogP contribution in [0.3, 0.4) is 0 Å². The third-order valence-corrected chi connectivity index (χ3v) is 3.30. The summed E-state index contributed by atoms with van der Waals surface area (Å²) < 4.78 is 0. The zero-order chi connectivity index (χ0) is 14.9. The number of rotatable bonds is 6. The summed E-state index contributed by atoms with van der Waals surface area (Å²) in [6.07, 6.45) is 4.65. The van der Waals surface area contributed by atoms with Crippen LogP contribution in [0.15, 0.2) is 58.5 Å². The van der Waals surface area contributed by atoms with Crippen LogP contribution >= 0.6 is 23.2 Å². The first-order valence-corrected chi connectivity index (χ1v) is 7.50. The summed E-state index contributed by atoms with van der Waals surface area (Å²) in [4.78, 5) is 8.74. The van der Waals surface area contributed by atoms with E-state index >= 15 is 0 Å². The molecule has 2 aromatic rings. The van der Waals surface area contributed by atoms with Crippen LogP contribution in [0.1, 0.15) is 17.5 Å². The largest absolute Gasteiger partial charge is 0.292 e. The van der Waals surface area contributed by atoms with Crippen molar-refractivity contribution in [3.63, 3.8) is 0 Å². The zero-order valence-electron chi connectivity index (χ0n) is 11.5. The predicted molar refractivity (Wildman–Crippen MR) is 92.4 cm³/mol. The van der Waals surface area contributed by atoms with E-state index in [1.807, 2.05) is 61.0 Å². The molecule has 0 heterocycles. The normalized spacial score (nSPS) is 11.5. The highest BCUT2D eigenvalue weighted by molar-refractivity contribution is 6.30. The number of halogens is 2. The lowest BCUT2D eigenvalue weighted by atomic mass is 10.2. The molecule has 2 nitrogen and oxygen atoms in total. The Morgan fingerprint density at radius 3 is 1.43 bits per heavy atom. The second-order valence-electron chi connectivity index (χ2n) is 4.53. The molecule has 0 N–H and O–H groups in total. The molecule has 0 aromatic heterocycles. The average Bonchev–Trinajstić information content (AvgIpc) is 2.50. The molecule has 2 rings (SSSR count). The average molecular weight is 319 g/mol. The van der Waals surface area contributed by atoms with Crippen molar-refractivity contribution in [2.24, 2.45) is 9.98 Å². The van der Waals surface area contributed by atoms with Gasteiger partial charge in [-0.05, 0) is 41.8 Å². The fraction of sp³-hybridized carbons (Fsp3) is 0.176. The van der Waals surface area contributed by atoms with Gasteiger partial charge >= 0.3 is 0 Å². The minimum atomic E-state index is 0.740. The number of hydrogen-bond donors (Lipinski definition) is 0. The first-order valence-electron chi connectivity index (χ1n) is 6.75. The quantitative estimate of drug-likeness (QED) is 0.533. The second kappa shape index (κ2) is 8.60. The highest BCUT2D eigenvalue weighted by Gasteiger charge is 1.89. The van der Waals surface area contributed by atoms with Gasteiger partial charge in [-0.1, -0.05) is 47.5 Å². The molecule has 2 aromatic carbocycles. The van der Waals surface area contributed by atoms with Crippen molar-refractivity contribution < 1.29 is 0 Å². The molecule has 0 aliphatic carbocycles. The van der Waals surface area contributed by atoms with Gasteiger partial charge < -0.3 is 0 Å². The van der Waals surface area contributed by atoms with Crippen LogP contribution in [0.4, 0.5) is 0 Å². The molecule has 0 saturated carbocycles. The van der Waals surface area contributed by atoms with Gasteiger partial charge in [-0.25, -0.2) is 0 Å². The van der Waals surface area contributed by atoms with Gasteiger partial charge in [0.1, 0.15) is 0 Å². The van der Waals surface area contributed by atoms with E-state index in [0.29, 0.717) is 0 Å². The fourth-order valence-electron chi connectivity index (χ4n) is 1.69. The molecule has 0 fully saturated rings. The van der Waals surface area contributed by atoms with Gasteiger partial charge in [-0.15, -0.1) is 0 Å². The summed E-state index contributed by atoms with van der Waals surface area (Å²) in [6, 6.07) is 15.2. The lowest BCUT2D eigenvalue weighted by Crippen LogP contribution is -1.89. The van der Waals surface area contributed by atoms with Crippen LogP contribution in [0.2, 0.25) is 10.0 Å². The first kappa shape index (κ1) is 15.7. The first-order chi connectivity index (χ1) is 10.2. The molecule has 21 heavy (non-hydrogen) atoms. The Morgan fingerprint density at radius 1 is 0.667 bits per heavy atom. The monoisotopic (exact) mass is 318 g/mol. The van der Waals surface area contributed by atoms with Gasteiger partial charge in [-0.3, -0.25) is 9.98 Å². The van der Waals surface area contributed by atoms with Crippen molar-refractivity contribution in [3.05, 3.63) is 69.7 Å². The number of benzene rings is 2. The Morgan fingerprint density at radius 2 is 1.05 bits per heavy atom. The summed E-state index contributed by atoms with van der Waals surface area (Å²) in [5.41, 5.74) is 2.12. The van der Waals surface area contributed by atoms with Crippen LogP contribution in [0.25, 0.3) is 0 Å². The van der Waals surface area contributed by atoms with Crippen LogP contribution in [0, 0.1) is 0 Å². The van der Waals surface area contributed by atoms with Gasteiger partial charge in [0.25, 0.3) is 0 Å². The molecule has 0 amide bonds. The van der Waals surface area contributed by atoms with Crippen molar-refractivity contribution in [1.29, 1.82) is 0 Å². The van der Waals surface area contributed by atoms with E-state index in [1.165, 1.54) is 0 Å². The molecule has 0 aliphatic heterocycles. The topological polar surface area (TPSA) is 24.7 Å². The molecule has 108 valence electrons. The Labute approximate surface area is 135 Å². The van der Waals surface area contributed by atoms with Crippen molar-refractivity contribution in [2.75, 3.05) is 13.1 Å². The van der Waals surface area contributed by atoms with E-state index in [9.17, 15) is 0 Å². The molecule has 0 unspecified atom stereocenters. The van der Waals surface area contributed by atoms with Gasteiger partial charge in [0.15, 0.2) is 0 Å². The van der Waals surface area contributed by atoms with Crippen molar-refractivity contribution in [3.8, 4) is 0 Å². The SMILES string of the molecule is Clc1ccc(/C=N/CCC/N=C/c2ccc(Cl)cc2)cc1. The zero-order valence-corrected chi connectivity index (χ0v) is 13.1. The summed E-state index contributed by atoms with van der Waals surface area (Å²) in [6.45, 7) is 1.53. The lowest BCUT2D eigenvalue weighted by molar-refractivity contribution is 0.851. The Balaban J connectivity index is 1.67. The van der Waals surface area contributed by atoms with Crippen LogP contribution in [0.5, 0.6) is 0 Å². The summed E-state index contributed by atoms with van der Waals surface area (Å²) in [7, 11) is 0. The smallest absolute Gasteiger partial charge is 0.0407 e. The van der Waals surface area contributed by atoms with E-state index in [4.69, 9.17) is 23.2 Å². The molecule has 0 aliphatic rings. The molecular formula is C17H16Cl2N2. The number of hydrogen-bond acceptors (Lipinski definition) is 2. The molecule has 0 bridgehead atoms. The molecule has 0 radical (unpaired) electrons. The van der Waals surface area contributed by atoms with E-state index in [-0.39, 0.29) is 0 Å². The highest BCUT2D eigenvalue weighted by atomic mass is 35.5. The Bertz CT molecular complexity index is 546. The van der Waals surface area contributed by atoms with Gasteiger partial charge in [0.05, 0.1) is 0 Å². The standard InChI is InChI=1S/C17H16Cl2N2/c18-16-6-2-14(3-7-16)12-20-10-1-11-21-13-15-4-8-17(19)9-5-15/h2-9,12-13H,1,10-11H2/b20-12+,21-13+. The second-order valence-corrected chi connectivity index (χ2v) is 5.40. The number of nitrogens with zero attached hydrogens (tertiary/aromatic N) is 2. The Hall–Kier alpha value is -1.64. The van der Waals surface area contributed by atoms with E-state index < -0.39 is 0 Å². The molecule has 4 heteroatoms. The van der Waals surface area contributed by atoms with Crippen molar-refractivity contribution >= 4 is 35.6 Å². The maximum atomic E-state index is 5.82. The fourth-order valence-corrected chi connectivity index (χ4v) is 1.94. The van der Waals surface area contributed by atoms with Gasteiger partial charge in [0, 0.05) is 35.6 Å².